The summed E-state index contributed by atoms with van der Waals surface area (Å²) in [5.41, 5.74) is 17.9. The predicted molar refractivity (Wildman–Crippen MR) is 118 cm³/mol. The van der Waals surface area contributed by atoms with Crippen LogP contribution in [-0.4, -0.2) is 57.8 Å². The number of carbonyl (C=O) groups is 5. The molecule has 0 saturated carbocycles. The average Bonchev–Trinajstić information content (AvgIpc) is 3.16. The number of fused-ring (bicyclic) bond motifs is 1. The molecule has 1 aromatic heterocycles. The smallest absolute Gasteiger partial charge is 0.326 e. The molecule has 12 nitrogen and oxygen atoms in total. The van der Waals surface area contributed by atoms with Gasteiger partial charge in [0.1, 0.15) is 12.1 Å². The number of carboxylic acid groups (broad SMARTS) is 1. The summed E-state index contributed by atoms with van der Waals surface area (Å²) in [6.07, 6.45) is 1.05. The fourth-order valence-electron chi connectivity index (χ4n) is 3.28. The van der Waals surface area contributed by atoms with Crippen molar-refractivity contribution >= 4 is 40.5 Å². The quantitative estimate of drug-likeness (QED) is 0.189. The molecule has 0 fully saturated rings. The number of hydrogen-bond acceptors (Lipinski definition) is 6. The summed E-state index contributed by atoms with van der Waals surface area (Å²) in [6, 6.07) is 3.81. The van der Waals surface area contributed by atoms with E-state index in [2.05, 4.69) is 15.6 Å². The van der Waals surface area contributed by atoms with Crippen molar-refractivity contribution in [1.29, 1.82) is 0 Å². The maximum Gasteiger partial charge on any atom is 0.326 e. The van der Waals surface area contributed by atoms with Gasteiger partial charge in [0.05, 0.1) is 6.04 Å². The topological polar surface area (TPSA) is 223 Å². The Morgan fingerprint density at radius 2 is 1.48 bits per heavy atom. The normalized spacial score (nSPS) is 13.6. The van der Waals surface area contributed by atoms with Gasteiger partial charge >= 0.3 is 5.97 Å². The summed E-state index contributed by atoms with van der Waals surface area (Å²) >= 11 is 0. The van der Waals surface area contributed by atoms with Crippen LogP contribution in [0.15, 0.2) is 30.5 Å². The molecule has 0 aliphatic heterocycles. The van der Waals surface area contributed by atoms with Crippen LogP contribution < -0.4 is 27.8 Å². The lowest BCUT2D eigenvalue weighted by Gasteiger charge is -2.22. The molecule has 10 N–H and O–H groups in total. The third-order valence-corrected chi connectivity index (χ3v) is 5.06. The van der Waals surface area contributed by atoms with Crippen molar-refractivity contribution in [3.63, 3.8) is 0 Å². The Hall–Kier alpha value is -3.93. The second-order valence-corrected chi connectivity index (χ2v) is 7.64. The molecule has 1 heterocycles. The molecular weight excluding hydrogens is 432 g/mol. The van der Waals surface area contributed by atoms with Gasteiger partial charge in [0.15, 0.2) is 0 Å². The summed E-state index contributed by atoms with van der Waals surface area (Å²) in [4.78, 5) is 62.0. The van der Waals surface area contributed by atoms with Gasteiger partial charge in [-0.2, -0.15) is 0 Å². The first-order valence-corrected chi connectivity index (χ1v) is 10.3. The fraction of sp³-hybridized carbons (Fsp3) is 0.381. The lowest BCUT2D eigenvalue weighted by Crippen LogP contribution is -2.55. The van der Waals surface area contributed by atoms with Gasteiger partial charge < -0.3 is 37.9 Å². The van der Waals surface area contributed by atoms with Crippen LogP contribution in [0, 0.1) is 0 Å². The predicted octanol–water partition coefficient (Wildman–Crippen LogP) is -1.38. The van der Waals surface area contributed by atoms with Crippen LogP contribution in [0.25, 0.3) is 10.9 Å². The van der Waals surface area contributed by atoms with Gasteiger partial charge in [-0.15, -0.1) is 0 Å². The van der Waals surface area contributed by atoms with Crippen molar-refractivity contribution in [1.82, 2.24) is 15.6 Å². The molecular formula is C21H28N6O6. The van der Waals surface area contributed by atoms with Crippen LogP contribution in [0.1, 0.15) is 31.2 Å². The molecule has 178 valence electrons. The second kappa shape index (κ2) is 11.6. The zero-order valence-electron chi connectivity index (χ0n) is 17.9. The number of aromatic nitrogens is 1. The number of aromatic amines is 1. The third kappa shape index (κ3) is 7.61. The molecule has 33 heavy (non-hydrogen) atoms. The van der Waals surface area contributed by atoms with E-state index >= 15 is 0 Å². The van der Waals surface area contributed by atoms with Crippen molar-refractivity contribution in [2.45, 2.75) is 50.2 Å². The number of nitrogens with one attached hydrogen (secondary N) is 3. The number of aliphatic carboxylic acids is 1. The van der Waals surface area contributed by atoms with Crippen molar-refractivity contribution in [3.05, 3.63) is 36.0 Å². The highest BCUT2D eigenvalue weighted by Gasteiger charge is 2.28. The minimum atomic E-state index is -1.40. The van der Waals surface area contributed by atoms with E-state index in [9.17, 15) is 29.1 Å². The molecule has 2 aromatic rings. The molecule has 0 aliphatic carbocycles. The van der Waals surface area contributed by atoms with E-state index in [-0.39, 0.29) is 32.1 Å². The van der Waals surface area contributed by atoms with Crippen molar-refractivity contribution < 1.29 is 29.1 Å². The Kier molecular flexibility index (Phi) is 8.92. The summed E-state index contributed by atoms with van der Waals surface area (Å²) in [7, 11) is 0. The van der Waals surface area contributed by atoms with Crippen LogP contribution in [0.3, 0.4) is 0 Å². The van der Waals surface area contributed by atoms with Crippen molar-refractivity contribution in [3.8, 4) is 0 Å². The molecule has 3 unspecified atom stereocenters. The number of benzene rings is 1. The lowest BCUT2D eigenvalue weighted by atomic mass is 10.0. The van der Waals surface area contributed by atoms with Gasteiger partial charge in [-0.1, -0.05) is 18.2 Å². The van der Waals surface area contributed by atoms with Crippen LogP contribution in [-0.2, 0) is 30.4 Å². The largest absolute Gasteiger partial charge is 0.480 e. The lowest BCUT2D eigenvalue weighted by molar-refractivity contribution is -0.142. The minimum absolute atomic E-state index is 0.158. The van der Waals surface area contributed by atoms with E-state index < -0.39 is 47.7 Å². The summed E-state index contributed by atoms with van der Waals surface area (Å²) in [5, 5.41) is 14.9. The first-order chi connectivity index (χ1) is 15.6. The molecule has 3 atom stereocenters. The number of primary amides is 2. The number of H-pyrrole nitrogens is 1. The maximum absolute atomic E-state index is 12.7. The molecule has 1 aromatic carbocycles. The van der Waals surface area contributed by atoms with Crippen LogP contribution >= 0.6 is 0 Å². The Bertz CT molecular complexity index is 1040. The standard InChI is InChI=1S/C21H28N6O6/c22-13(9-11-10-25-14-4-2-1-3-12(11)14)19(30)26-15(5-7-17(23)28)20(31)27-16(21(32)33)6-8-18(24)29/h1-4,10,13,15-16,25H,5-9,22H2,(H2,23,28)(H2,24,29)(H,26,30)(H,27,31)(H,32,33). The molecule has 0 saturated heterocycles. The number of carbonyl (C=O) groups excluding carboxylic acids is 4. The molecule has 0 bridgehead atoms. The fourth-order valence-corrected chi connectivity index (χ4v) is 3.28. The molecule has 12 heteroatoms. The highest BCUT2D eigenvalue weighted by atomic mass is 16.4. The Morgan fingerprint density at radius 1 is 0.909 bits per heavy atom. The van der Waals surface area contributed by atoms with Gasteiger partial charge in [-0.05, 0) is 30.9 Å². The Balaban J connectivity index is 2.07. The highest BCUT2D eigenvalue weighted by Crippen LogP contribution is 2.18. The van der Waals surface area contributed by atoms with Crippen molar-refractivity contribution in [2.75, 3.05) is 0 Å². The van der Waals surface area contributed by atoms with Gasteiger partial charge in [0, 0.05) is 29.9 Å². The molecule has 0 radical (unpaired) electrons. The van der Waals surface area contributed by atoms with Gasteiger partial charge in [-0.3, -0.25) is 19.2 Å². The second-order valence-electron chi connectivity index (χ2n) is 7.64. The van der Waals surface area contributed by atoms with Gasteiger partial charge in [0.25, 0.3) is 0 Å². The number of rotatable bonds is 13. The van der Waals surface area contributed by atoms with E-state index in [1.54, 1.807) is 6.20 Å². The highest BCUT2D eigenvalue weighted by molar-refractivity contribution is 5.93. The van der Waals surface area contributed by atoms with Gasteiger partial charge in [0.2, 0.25) is 23.6 Å². The number of nitrogens with two attached hydrogens (primary N) is 3. The summed E-state index contributed by atoms with van der Waals surface area (Å²) in [5.74, 6) is -4.30. The van der Waals surface area contributed by atoms with E-state index in [4.69, 9.17) is 17.2 Å². The van der Waals surface area contributed by atoms with Crippen molar-refractivity contribution in [2.24, 2.45) is 17.2 Å². The molecule has 0 spiro atoms. The minimum Gasteiger partial charge on any atom is -0.480 e. The van der Waals surface area contributed by atoms with Crippen LogP contribution in [0.5, 0.6) is 0 Å². The van der Waals surface area contributed by atoms with Crippen LogP contribution in [0.4, 0.5) is 0 Å². The maximum atomic E-state index is 12.7. The first kappa shape index (κ1) is 25.3. The monoisotopic (exact) mass is 460 g/mol. The Morgan fingerprint density at radius 3 is 2.09 bits per heavy atom. The van der Waals surface area contributed by atoms with E-state index in [0.29, 0.717) is 0 Å². The zero-order valence-corrected chi connectivity index (χ0v) is 17.9. The number of carboxylic acids is 1. The van der Waals surface area contributed by atoms with Gasteiger partial charge in [-0.25, -0.2) is 4.79 Å². The van der Waals surface area contributed by atoms with E-state index in [0.717, 1.165) is 16.5 Å². The summed E-state index contributed by atoms with van der Waals surface area (Å²) < 4.78 is 0. The first-order valence-electron chi connectivity index (χ1n) is 10.3. The van der Waals surface area contributed by atoms with E-state index in [1.165, 1.54) is 0 Å². The number of hydrogen-bond donors (Lipinski definition) is 7. The molecule has 4 amide bonds. The van der Waals surface area contributed by atoms with Crippen LogP contribution in [0.2, 0.25) is 0 Å². The summed E-state index contributed by atoms with van der Waals surface area (Å²) in [6.45, 7) is 0. The zero-order chi connectivity index (χ0) is 24.5. The third-order valence-electron chi connectivity index (χ3n) is 5.06. The number of amides is 4. The molecule has 0 aliphatic rings. The van der Waals surface area contributed by atoms with E-state index in [1.807, 2.05) is 24.3 Å². The Labute approximate surface area is 189 Å². The SMILES string of the molecule is NC(=O)CCC(NC(=O)C(CCC(N)=O)NC(=O)C(N)Cc1c[nH]c2ccccc12)C(=O)O. The number of para-hydroxylation sites is 1. The molecule has 2 rings (SSSR count). The average molecular weight is 460 g/mol.